The number of morpholine rings is 1. The van der Waals surface area contributed by atoms with E-state index in [-0.39, 0.29) is 0 Å². The van der Waals surface area contributed by atoms with E-state index in [9.17, 15) is 0 Å². The summed E-state index contributed by atoms with van der Waals surface area (Å²) in [5.74, 6) is 0.704. The van der Waals surface area contributed by atoms with Gasteiger partial charge in [0.25, 0.3) is 0 Å². The van der Waals surface area contributed by atoms with Gasteiger partial charge in [0.15, 0.2) is 0 Å². The zero-order valence-corrected chi connectivity index (χ0v) is 8.31. The number of nitrogens with zero attached hydrogens (tertiary/aromatic N) is 3. The van der Waals surface area contributed by atoms with Crippen LogP contribution in [0.2, 0.25) is 0 Å². The third-order valence-electron chi connectivity index (χ3n) is 2.32. The number of ether oxygens (including phenoxy) is 1. The van der Waals surface area contributed by atoms with Gasteiger partial charge in [-0.25, -0.2) is 4.98 Å². The summed E-state index contributed by atoms with van der Waals surface area (Å²) < 4.78 is 5.24. The van der Waals surface area contributed by atoms with Crippen molar-refractivity contribution in [3.05, 3.63) is 17.8 Å². The maximum absolute atomic E-state index is 8.97. The van der Waals surface area contributed by atoms with Gasteiger partial charge >= 0.3 is 0 Å². The van der Waals surface area contributed by atoms with E-state index in [0.717, 1.165) is 13.1 Å². The molecule has 2 rings (SSSR count). The van der Waals surface area contributed by atoms with Crippen molar-refractivity contribution in [1.82, 2.24) is 4.98 Å². The van der Waals surface area contributed by atoms with Crippen LogP contribution in [-0.2, 0) is 4.74 Å². The summed E-state index contributed by atoms with van der Waals surface area (Å²) >= 11 is 0. The van der Waals surface area contributed by atoms with Gasteiger partial charge in [-0.05, 0) is 6.07 Å². The van der Waals surface area contributed by atoms with Crippen LogP contribution in [0.15, 0.2) is 12.3 Å². The van der Waals surface area contributed by atoms with Gasteiger partial charge in [0.05, 0.1) is 18.8 Å². The molecule has 1 fully saturated rings. The van der Waals surface area contributed by atoms with Crippen LogP contribution in [0.3, 0.4) is 0 Å². The van der Waals surface area contributed by atoms with Crippen LogP contribution < -0.4 is 10.4 Å². The molecule has 2 heterocycles. The van der Waals surface area contributed by atoms with Crippen molar-refractivity contribution in [2.45, 2.75) is 0 Å². The third-order valence-corrected chi connectivity index (χ3v) is 2.32. The van der Waals surface area contributed by atoms with Crippen LogP contribution in [0.1, 0.15) is 5.56 Å². The van der Waals surface area contributed by atoms with Crippen molar-refractivity contribution in [3.63, 3.8) is 0 Å². The van der Waals surface area contributed by atoms with E-state index in [4.69, 9.17) is 17.8 Å². The van der Waals surface area contributed by atoms with Crippen LogP contribution in [-0.4, -0.2) is 39.1 Å². The Balaban J connectivity index is 2.30. The molecule has 0 unspecified atom stereocenters. The lowest BCUT2D eigenvalue weighted by Crippen LogP contribution is -2.37. The van der Waals surface area contributed by atoms with E-state index in [1.54, 1.807) is 12.3 Å². The highest BCUT2D eigenvalue weighted by Gasteiger charge is 2.15. The number of pyridine rings is 1. The Morgan fingerprint density at radius 2 is 2.20 bits per heavy atom. The molecular formula is C10H10BN3O. The van der Waals surface area contributed by atoms with Crippen molar-refractivity contribution in [1.29, 1.82) is 5.26 Å². The lowest BCUT2D eigenvalue weighted by Gasteiger charge is -2.28. The Bertz CT molecular complexity index is 396. The molecule has 0 spiro atoms. The molecule has 0 bridgehead atoms. The van der Waals surface area contributed by atoms with Crippen LogP contribution in [0, 0.1) is 11.3 Å². The first kappa shape index (κ1) is 10.00. The smallest absolute Gasteiger partial charge is 0.146 e. The zero-order chi connectivity index (χ0) is 10.7. The van der Waals surface area contributed by atoms with E-state index < -0.39 is 0 Å². The van der Waals surface area contributed by atoms with Gasteiger partial charge in [-0.1, -0.05) is 5.46 Å². The molecule has 0 saturated carbocycles. The molecule has 74 valence electrons. The Hall–Kier alpha value is -1.54. The summed E-state index contributed by atoms with van der Waals surface area (Å²) in [5, 5.41) is 8.97. The van der Waals surface area contributed by atoms with E-state index in [2.05, 4.69) is 11.1 Å². The molecule has 15 heavy (non-hydrogen) atoms. The molecule has 1 aromatic heterocycles. The molecule has 0 aliphatic carbocycles. The molecular weight excluding hydrogens is 189 g/mol. The Labute approximate surface area is 89.9 Å². The number of hydrogen-bond acceptors (Lipinski definition) is 4. The molecule has 1 aromatic rings. The second kappa shape index (κ2) is 4.32. The molecule has 0 aromatic carbocycles. The third kappa shape index (κ3) is 2.11. The maximum atomic E-state index is 8.97. The molecule has 0 N–H and O–H groups in total. The van der Waals surface area contributed by atoms with Gasteiger partial charge in [0.1, 0.15) is 19.7 Å². The lowest BCUT2D eigenvalue weighted by molar-refractivity contribution is 0.122. The summed E-state index contributed by atoms with van der Waals surface area (Å²) in [6, 6.07) is 3.76. The van der Waals surface area contributed by atoms with Crippen molar-refractivity contribution in [3.8, 4) is 6.07 Å². The summed E-state index contributed by atoms with van der Waals surface area (Å²) in [4.78, 5) is 6.24. The van der Waals surface area contributed by atoms with Crippen molar-refractivity contribution >= 4 is 19.1 Å². The van der Waals surface area contributed by atoms with Gasteiger partial charge < -0.3 is 9.64 Å². The van der Waals surface area contributed by atoms with E-state index in [1.807, 2.05) is 4.90 Å². The van der Waals surface area contributed by atoms with Crippen molar-refractivity contribution < 1.29 is 4.74 Å². The molecule has 4 nitrogen and oxygen atoms in total. The minimum atomic E-state index is 0.517. The first-order valence-electron chi connectivity index (χ1n) is 4.79. The second-order valence-corrected chi connectivity index (χ2v) is 3.35. The number of rotatable bonds is 1. The standard InChI is InChI=1S/C10H10BN3O/c11-9-5-8(6-12)10(13-7-9)14-1-3-15-4-2-14/h5,7H,1-4H2. The number of anilines is 1. The van der Waals surface area contributed by atoms with Crippen molar-refractivity contribution in [2.75, 3.05) is 31.2 Å². The number of hydrogen-bond donors (Lipinski definition) is 0. The second-order valence-electron chi connectivity index (χ2n) is 3.35. The van der Waals surface area contributed by atoms with Crippen LogP contribution >= 0.6 is 0 Å². The highest BCUT2D eigenvalue weighted by molar-refractivity contribution is 6.32. The Kier molecular flexibility index (Phi) is 2.88. The molecule has 0 atom stereocenters. The van der Waals surface area contributed by atoms with Crippen LogP contribution in [0.25, 0.3) is 0 Å². The molecule has 1 saturated heterocycles. The summed E-state index contributed by atoms with van der Waals surface area (Å²) in [6.07, 6.45) is 1.58. The normalized spacial score (nSPS) is 16.1. The van der Waals surface area contributed by atoms with Crippen molar-refractivity contribution in [2.24, 2.45) is 0 Å². The van der Waals surface area contributed by atoms with Gasteiger partial charge in [0, 0.05) is 19.3 Å². The van der Waals surface area contributed by atoms with Crippen LogP contribution in [0.5, 0.6) is 0 Å². The maximum Gasteiger partial charge on any atom is 0.146 e. The largest absolute Gasteiger partial charge is 0.378 e. The highest BCUT2D eigenvalue weighted by Crippen LogP contribution is 2.16. The molecule has 2 radical (unpaired) electrons. The molecule has 1 aliphatic heterocycles. The summed E-state index contributed by atoms with van der Waals surface area (Å²) in [7, 11) is 5.58. The minimum absolute atomic E-state index is 0.517. The van der Waals surface area contributed by atoms with Gasteiger partial charge in [-0.3, -0.25) is 0 Å². The average molecular weight is 199 g/mol. The highest BCUT2D eigenvalue weighted by atomic mass is 16.5. The minimum Gasteiger partial charge on any atom is -0.378 e. The first-order valence-corrected chi connectivity index (χ1v) is 4.79. The fraction of sp³-hybridized carbons (Fsp3) is 0.400. The monoisotopic (exact) mass is 199 g/mol. The Morgan fingerprint density at radius 1 is 1.47 bits per heavy atom. The van der Waals surface area contributed by atoms with Gasteiger partial charge in [0.2, 0.25) is 0 Å². The van der Waals surface area contributed by atoms with Crippen LogP contribution in [0.4, 0.5) is 5.82 Å². The van der Waals surface area contributed by atoms with E-state index in [1.165, 1.54) is 0 Å². The number of aromatic nitrogens is 1. The molecule has 0 amide bonds. The van der Waals surface area contributed by atoms with E-state index in [0.29, 0.717) is 30.1 Å². The summed E-state index contributed by atoms with van der Waals surface area (Å²) in [6.45, 7) is 2.89. The fourth-order valence-electron chi connectivity index (χ4n) is 1.58. The average Bonchev–Trinajstić information content (AvgIpc) is 2.30. The van der Waals surface area contributed by atoms with E-state index >= 15 is 0 Å². The number of nitriles is 1. The lowest BCUT2D eigenvalue weighted by atomic mass is 9.97. The predicted molar refractivity (Wildman–Crippen MR) is 57.4 cm³/mol. The zero-order valence-electron chi connectivity index (χ0n) is 8.31. The molecule has 1 aliphatic rings. The predicted octanol–water partition coefficient (Wildman–Crippen LogP) is -0.416. The van der Waals surface area contributed by atoms with Gasteiger partial charge in [-0.2, -0.15) is 5.26 Å². The Morgan fingerprint density at radius 3 is 2.87 bits per heavy atom. The first-order chi connectivity index (χ1) is 7.31. The topological polar surface area (TPSA) is 49.2 Å². The molecule has 5 heteroatoms. The fourth-order valence-corrected chi connectivity index (χ4v) is 1.58. The summed E-state index contributed by atoms with van der Waals surface area (Å²) in [5.41, 5.74) is 1.04. The quantitative estimate of drug-likeness (QED) is 0.576. The SMILES string of the molecule is [B]c1cnc(N2CCOCC2)c(C#N)c1. The van der Waals surface area contributed by atoms with Gasteiger partial charge in [-0.15, -0.1) is 0 Å².